The molecule has 0 aliphatic carbocycles. The summed E-state index contributed by atoms with van der Waals surface area (Å²) in [7, 11) is 0. The predicted molar refractivity (Wildman–Crippen MR) is 51.0 cm³/mol. The maximum Gasteiger partial charge on any atom is 0.227 e. The van der Waals surface area contributed by atoms with Gasteiger partial charge in [-0.3, -0.25) is 4.79 Å². The van der Waals surface area contributed by atoms with Gasteiger partial charge in [0.05, 0.1) is 5.37 Å². The van der Waals surface area contributed by atoms with Crippen LogP contribution in [0.5, 0.6) is 0 Å². The highest BCUT2D eigenvalue weighted by Crippen LogP contribution is 2.37. The second kappa shape index (κ2) is 2.95. The predicted octanol–water partition coefficient (Wildman–Crippen LogP) is 1.71. The van der Waals surface area contributed by atoms with Crippen LogP contribution in [0.2, 0.25) is 0 Å². The van der Waals surface area contributed by atoms with E-state index in [1.807, 2.05) is 18.7 Å². The number of hydrogen-bond donors (Lipinski definition) is 0. The van der Waals surface area contributed by atoms with Crippen LogP contribution >= 0.6 is 11.8 Å². The van der Waals surface area contributed by atoms with Crippen molar-refractivity contribution in [1.29, 1.82) is 0 Å². The molecule has 2 saturated heterocycles. The molecule has 2 aliphatic heterocycles. The van der Waals surface area contributed by atoms with Gasteiger partial charge in [-0.2, -0.15) is 0 Å². The number of fused-ring (bicyclic) bond motifs is 1. The lowest BCUT2D eigenvalue weighted by Gasteiger charge is -2.35. The van der Waals surface area contributed by atoms with Gasteiger partial charge >= 0.3 is 0 Å². The van der Waals surface area contributed by atoms with E-state index in [1.54, 1.807) is 0 Å². The molecule has 68 valence electrons. The first-order chi connectivity index (χ1) is 5.70. The van der Waals surface area contributed by atoms with Gasteiger partial charge in [0.15, 0.2) is 0 Å². The highest BCUT2D eigenvalue weighted by molar-refractivity contribution is 8.00. The Balaban J connectivity index is 2.17. The van der Waals surface area contributed by atoms with Crippen molar-refractivity contribution in [3.05, 3.63) is 0 Å². The van der Waals surface area contributed by atoms with Crippen LogP contribution in [0.1, 0.15) is 26.7 Å². The monoisotopic (exact) mass is 185 g/mol. The lowest BCUT2D eigenvalue weighted by atomic mass is 10.1. The van der Waals surface area contributed by atoms with Crippen molar-refractivity contribution in [2.24, 2.45) is 5.92 Å². The summed E-state index contributed by atoms with van der Waals surface area (Å²) in [5, 5.41) is 0.503. The minimum Gasteiger partial charge on any atom is -0.328 e. The smallest absolute Gasteiger partial charge is 0.227 e. The number of carbonyl (C=O) groups excluding carboxylic acids is 1. The molecule has 0 aromatic rings. The summed E-state index contributed by atoms with van der Waals surface area (Å²) in [6, 6.07) is 0.484. The highest BCUT2D eigenvalue weighted by atomic mass is 32.2. The number of hydrogen-bond acceptors (Lipinski definition) is 2. The van der Waals surface area contributed by atoms with Crippen LogP contribution in [-0.2, 0) is 4.79 Å². The van der Waals surface area contributed by atoms with Gasteiger partial charge in [0, 0.05) is 17.7 Å². The van der Waals surface area contributed by atoms with E-state index in [9.17, 15) is 4.79 Å². The summed E-state index contributed by atoms with van der Waals surface area (Å²) < 4.78 is 0. The molecule has 0 saturated carbocycles. The Labute approximate surface area is 77.7 Å². The Hall–Kier alpha value is -0.180. The third-order valence-corrected chi connectivity index (χ3v) is 4.37. The summed E-state index contributed by atoms with van der Waals surface area (Å²) >= 11 is 1.95. The molecule has 2 fully saturated rings. The Kier molecular flexibility index (Phi) is 2.07. The Morgan fingerprint density at radius 2 is 2.17 bits per heavy atom. The molecule has 3 atom stereocenters. The van der Waals surface area contributed by atoms with E-state index >= 15 is 0 Å². The number of amides is 1. The number of carbonyl (C=O) groups is 1. The molecule has 2 rings (SSSR count). The van der Waals surface area contributed by atoms with Crippen LogP contribution < -0.4 is 0 Å². The molecule has 2 aliphatic rings. The third kappa shape index (κ3) is 1.15. The van der Waals surface area contributed by atoms with Gasteiger partial charge in [0.1, 0.15) is 0 Å². The average Bonchev–Trinajstić information content (AvgIpc) is 2.41. The van der Waals surface area contributed by atoms with Crippen molar-refractivity contribution in [2.45, 2.75) is 38.1 Å². The van der Waals surface area contributed by atoms with Crippen LogP contribution in [0, 0.1) is 5.92 Å². The fourth-order valence-corrected chi connectivity index (χ4v) is 3.48. The average molecular weight is 185 g/mol. The minimum absolute atomic E-state index is 0.242. The van der Waals surface area contributed by atoms with Crippen molar-refractivity contribution in [2.75, 3.05) is 5.75 Å². The second-order valence-corrected chi connectivity index (χ2v) is 5.07. The minimum atomic E-state index is 0.242. The quantitative estimate of drug-likeness (QED) is 0.572. The molecule has 3 heteroatoms. The van der Waals surface area contributed by atoms with Crippen molar-refractivity contribution in [3.8, 4) is 0 Å². The van der Waals surface area contributed by atoms with E-state index in [0.29, 0.717) is 17.3 Å². The molecule has 0 aromatic heterocycles. The van der Waals surface area contributed by atoms with Crippen molar-refractivity contribution >= 4 is 17.7 Å². The SMILES string of the molecule is C[C@@H]1CC[C@@H]2SC[C@H](C)C(=O)N12. The van der Waals surface area contributed by atoms with Crippen molar-refractivity contribution < 1.29 is 4.79 Å². The molecule has 0 radical (unpaired) electrons. The number of rotatable bonds is 0. The third-order valence-electron chi connectivity index (χ3n) is 2.83. The first kappa shape index (κ1) is 8.42. The highest BCUT2D eigenvalue weighted by Gasteiger charge is 2.40. The van der Waals surface area contributed by atoms with Crippen molar-refractivity contribution in [3.63, 3.8) is 0 Å². The standard InChI is InChI=1S/C9H15NOS/c1-6-5-12-8-4-3-7(2)10(8)9(6)11/h6-8H,3-5H2,1-2H3/t6-,7+,8-/m0/s1. The molecular weight excluding hydrogens is 170 g/mol. The van der Waals surface area contributed by atoms with Gasteiger partial charge in [0.2, 0.25) is 5.91 Å². The zero-order valence-corrected chi connectivity index (χ0v) is 8.43. The maximum absolute atomic E-state index is 11.7. The zero-order valence-electron chi connectivity index (χ0n) is 7.62. The maximum atomic E-state index is 11.7. The summed E-state index contributed by atoms with van der Waals surface area (Å²) in [5.74, 6) is 1.64. The van der Waals surface area contributed by atoms with Gasteiger partial charge in [-0.1, -0.05) is 6.92 Å². The molecule has 0 aromatic carbocycles. The Bertz CT molecular complexity index is 207. The van der Waals surface area contributed by atoms with Crippen molar-refractivity contribution in [1.82, 2.24) is 4.90 Å². The molecule has 0 spiro atoms. The van der Waals surface area contributed by atoms with Crippen LogP contribution in [0.15, 0.2) is 0 Å². The number of thioether (sulfide) groups is 1. The zero-order chi connectivity index (χ0) is 8.72. The lowest BCUT2D eigenvalue weighted by Crippen LogP contribution is -2.45. The second-order valence-electron chi connectivity index (χ2n) is 3.86. The number of nitrogens with zero attached hydrogens (tertiary/aromatic N) is 1. The molecule has 2 heterocycles. The van der Waals surface area contributed by atoms with E-state index < -0.39 is 0 Å². The molecular formula is C9H15NOS. The van der Waals surface area contributed by atoms with Crippen LogP contribution in [-0.4, -0.2) is 28.0 Å². The van der Waals surface area contributed by atoms with Crippen LogP contribution in [0.4, 0.5) is 0 Å². The fourth-order valence-electron chi connectivity index (χ4n) is 2.05. The molecule has 1 amide bonds. The van der Waals surface area contributed by atoms with E-state index in [-0.39, 0.29) is 5.92 Å². The molecule has 2 nitrogen and oxygen atoms in total. The van der Waals surface area contributed by atoms with Gasteiger partial charge in [-0.15, -0.1) is 11.8 Å². The van der Waals surface area contributed by atoms with E-state index in [1.165, 1.54) is 12.8 Å². The summed E-state index contributed by atoms with van der Waals surface area (Å²) in [5.41, 5.74) is 0. The largest absolute Gasteiger partial charge is 0.328 e. The first-order valence-electron chi connectivity index (χ1n) is 4.64. The molecule has 0 N–H and O–H groups in total. The van der Waals surface area contributed by atoms with Gasteiger partial charge in [0.25, 0.3) is 0 Å². The summed E-state index contributed by atoms with van der Waals surface area (Å²) in [6.45, 7) is 4.20. The molecule has 0 bridgehead atoms. The molecule has 0 unspecified atom stereocenters. The summed E-state index contributed by atoms with van der Waals surface area (Å²) in [4.78, 5) is 13.8. The van der Waals surface area contributed by atoms with E-state index in [2.05, 4.69) is 11.8 Å². The van der Waals surface area contributed by atoms with Gasteiger partial charge in [-0.05, 0) is 19.8 Å². The van der Waals surface area contributed by atoms with E-state index in [4.69, 9.17) is 0 Å². The van der Waals surface area contributed by atoms with Crippen LogP contribution in [0.3, 0.4) is 0 Å². The van der Waals surface area contributed by atoms with Gasteiger partial charge in [-0.25, -0.2) is 0 Å². The van der Waals surface area contributed by atoms with Crippen LogP contribution in [0.25, 0.3) is 0 Å². The topological polar surface area (TPSA) is 20.3 Å². The fraction of sp³-hybridized carbons (Fsp3) is 0.889. The molecule has 12 heavy (non-hydrogen) atoms. The van der Waals surface area contributed by atoms with Gasteiger partial charge < -0.3 is 4.90 Å². The van der Waals surface area contributed by atoms with E-state index in [0.717, 1.165) is 5.75 Å². The summed E-state index contributed by atoms with van der Waals surface area (Å²) in [6.07, 6.45) is 2.39. The Morgan fingerprint density at radius 3 is 2.92 bits per heavy atom. The first-order valence-corrected chi connectivity index (χ1v) is 5.69. The lowest BCUT2D eigenvalue weighted by molar-refractivity contribution is -0.136. The Morgan fingerprint density at radius 1 is 1.42 bits per heavy atom. The normalized spacial score (nSPS) is 41.7.